The molecule has 0 radical (unpaired) electrons. The zero-order chi connectivity index (χ0) is 17.7. The number of carbonyl (C=O) groups excluding carboxylic acids is 1. The normalized spacial score (nSPS) is 15.7. The highest BCUT2D eigenvalue weighted by Crippen LogP contribution is 2.19. The molecule has 0 aliphatic carbocycles. The lowest BCUT2D eigenvalue weighted by Crippen LogP contribution is -2.41. The van der Waals surface area contributed by atoms with Crippen LogP contribution in [0.4, 0.5) is 10.8 Å². The predicted molar refractivity (Wildman–Crippen MR) is 95.3 cm³/mol. The Morgan fingerprint density at radius 1 is 1.24 bits per heavy atom. The molecule has 0 spiro atoms. The molecule has 25 heavy (non-hydrogen) atoms. The van der Waals surface area contributed by atoms with Gasteiger partial charge < -0.3 is 10.1 Å². The number of anilines is 2. The van der Waals surface area contributed by atoms with E-state index in [0.29, 0.717) is 24.0 Å². The number of benzene rings is 1. The molecule has 1 fully saturated rings. The number of amides is 1. The number of thiazole rings is 1. The van der Waals surface area contributed by atoms with Gasteiger partial charge in [0.25, 0.3) is 10.0 Å². The van der Waals surface area contributed by atoms with Crippen molar-refractivity contribution in [1.29, 1.82) is 0 Å². The highest BCUT2D eigenvalue weighted by atomic mass is 32.2. The van der Waals surface area contributed by atoms with Crippen molar-refractivity contribution in [3.63, 3.8) is 0 Å². The van der Waals surface area contributed by atoms with Crippen LogP contribution >= 0.6 is 11.3 Å². The quantitative estimate of drug-likeness (QED) is 0.779. The molecule has 1 aliphatic rings. The van der Waals surface area contributed by atoms with Crippen molar-refractivity contribution < 1.29 is 17.9 Å². The maximum absolute atomic E-state index is 12.2. The van der Waals surface area contributed by atoms with Crippen LogP contribution in [-0.4, -0.2) is 57.1 Å². The van der Waals surface area contributed by atoms with Gasteiger partial charge in [-0.05, 0) is 24.3 Å². The monoisotopic (exact) mass is 382 g/mol. The molecule has 0 bridgehead atoms. The van der Waals surface area contributed by atoms with Crippen LogP contribution in [0, 0.1) is 0 Å². The van der Waals surface area contributed by atoms with Crippen molar-refractivity contribution in [2.45, 2.75) is 4.90 Å². The van der Waals surface area contributed by atoms with Crippen molar-refractivity contribution >= 4 is 38.1 Å². The largest absolute Gasteiger partial charge is 0.379 e. The Bertz CT molecular complexity index is 801. The second-order valence-corrected chi connectivity index (χ2v) is 7.98. The van der Waals surface area contributed by atoms with Crippen molar-refractivity contribution in [2.24, 2.45) is 0 Å². The second kappa shape index (κ2) is 7.91. The summed E-state index contributed by atoms with van der Waals surface area (Å²) in [5.74, 6) is -0.140. The lowest BCUT2D eigenvalue weighted by atomic mass is 10.3. The molecular weight excluding hydrogens is 364 g/mol. The lowest BCUT2D eigenvalue weighted by molar-refractivity contribution is -0.118. The third kappa shape index (κ3) is 4.98. The second-order valence-electron chi connectivity index (χ2n) is 5.40. The molecule has 2 aromatic rings. The molecule has 10 heteroatoms. The Labute approximate surface area is 149 Å². The van der Waals surface area contributed by atoms with Crippen molar-refractivity contribution in [3.8, 4) is 0 Å². The molecule has 0 unspecified atom stereocenters. The van der Waals surface area contributed by atoms with E-state index in [9.17, 15) is 13.2 Å². The summed E-state index contributed by atoms with van der Waals surface area (Å²) in [5.41, 5.74) is 0.548. The molecule has 1 aromatic carbocycles. The van der Waals surface area contributed by atoms with E-state index in [4.69, 9.17) is 4.74 Å². The average Bonchev–Trinajstić information content (AvgIpc) is 3.08. The summed E-state index contributed by atoms with van der Waals surface area (Å²) >= 11 is 1.20. The van der Waals surface area contributed by atoms with Gasteiger partial charge in [0.1, 0.15) is 0 Å². The number of nitrogens with zero attached hydrogens (tertiary/aromatic N) is 2. The van der Waals surface area contributed by atoms with Gasteiger partial charge in [0.05, 0.1) is 24.7 Å². The molecule has 0 atom stereocenters. The van der Waals surface area contributed by atoms with E-state index in [1.54, 1.807) is 17.5 Å². The van der Waals surface area contributed by atoms with E-state index in [2.05, 4.69) is 15.0 Å². The van der Waals surface area contributed by atoms with Gasteiger partial charge in [-0.25, -0.2) is 13.4 Å². The SMILES string of the molecule is O=C(CN1CCOCC1)Nc1ccc(S(=O)(=O)Nc2nccs2)cc1. The molecule has 2 heterocycles. The zero-order valence-electron chi connectivity index (χ0n) is 13.3. The summed E-state index contributed by atoms with van der Waals surface area (Å²) in [7, 11) is -3.69. The summed E-state index contributed by atoms with van der Waals surface area (Å²) < 4.78 is 32.1. The van der Waals surface area contributed by atoms with Gasteiger partial charge in [-0.2, -0.15) is 0 Å². The lowest BCUT2D eigenvalue weighted by Gasteiger charge is -2.25. The summed E-state index contributed by atoms with van der Waals surface area (Å²) in [6.07, 6.45) is 1.52. The van der Waals surface area contributed by atoms with Crippen molar-refractivity contribution in [1.82, 2.24) is 9.88 Å². The van der Waals surface area contributed by atoms with Gasteiger partial charge >= 0.3 is 0 Å². The molecule has 3 rings (SSSR count). The fourth-order valence-electron chi connectivity index (χ4n) is 2.33. The molecule has 1 aliphatic heterocycles. The standard InChI is InChI=1S/C15H18N4O4S2/c20-14(11-19-6-8-23-9-7-19)17-12-1-3-13(4-2-12)25(21,22)18-15-16-5-10-24-15/h1-5,10H,6-9,11H2,(H,16,18)(H,17,20). The molecule has 1 aromatic heterocycles. The first-order valence-corrected chi connectivity index (χ1v) is 10.0. The van der Waals surface area contributed by atoms with Gasteiger partial charge in [-0.15, -0.1) is 11.3 Å². The maximum atomic E-state index is 12.2. The van der Waals surface area contributed by atoms with Crippen LogP contribution in [0.1, 0.15) is 0 Å². The molecule has 1 amide bonds. The minimum atomic E-state index is -3.69. The number of sulfonamides is 1. The average molecular weight is 382 g/mol. The Morgan fingerprint density at radius 2 is 1.96 bits per heavy atom. The summed E-state index contributed by atoms with van der Waals surface area (Å²) in [4.78, 5) is 18.1. The van der Waals surface area contributed by atoms with Crippen molar-refractivity contribution in [3.05, 3.63) is 35.8 Å². The van der Waals surface area contributed by atoms with Crippen LogP contribution in [0.2, 0.25) is 0 Å². The number of nitrogens with one attached hydrogen (secondary N) is 2. The Hall–Kier alpha value is -2.01. The van der Waals surface area contributed by atoms with Gasteiger partial charge in [-0.1, -0.05) is 0 Å². The van der Waals surface area contributed by atoms with Crippen LogP contribution in [-0.2, 0) is 19.6 Å². The van der Waals surface area contributed by atoms with Gasteiger partial charge in [0, 0.05) is 30.4 Å². The fraction of sp³-hybridized carbons (Fsp3) is 0.333. The van der Waals surface area contributed by atoms with Crippen LogP contribution in [0.5, 0.6) is 0 Å². The fourth-order valence-corrected chi connectivity index (χ4v) is 4.12. The topological polar surface area (TPSA) is 101 Å². The number of hydrogen-bond acceptors (Lipinski definition) is 7. The van der Waals surface area contributed by atoms with E-state index in [1.807, 2.05) is 4.90 Å². The first-order valence-electron chi connectivity index (χ1n) is 7.65. The number of ether oxygens (including phenoxy) is 1. The number of morpholine rings is 1. The minimum absolute atomic E-state index is 0.105. The highest BCUT2D eigenvalue weighted by molar-refractivity contribution is 7.93. The van der Waals surface area contributed by atoms with E-state index in [0.717, 1.165) is 13.1 Å². The van der Waals surface area contributed by atoms with E-state index in [-0.39, 0.29) is 17.3 Å². The Kier molecular flexibility index (Phi) is 5.63. The van der Waals surface area contributed by atoms with Crippen LogP contribution < -0.4 is 10.0 Å². The van der Waals surface area contributed by atoms with Crippen LogP contribution in [0.15, 0.2) is 40.7 Å². The smallest absolute Gasteiger partial charge is 0.263 e. The minimum Gasteiger partial charge on any atom is -0.379 e. The third-order valence-corrected chi connectivity index (χ3v) is 5.75. The first-order chi connectivity index (χ1) is 12.0. The molecule has 8 nitrogen and oxygen atoms in total. The molecule has 0 saturated carbocycles. The van der Waals surface area contributed by atoms with E-state index < -0.39 is 10.0 Å². The number of rotatable bonds is 6. The molecular formula is C15H18N4O4S2. The zero-order valence-corrected chi connectivity index (χ0v) is 15.0. The molecule has 2 N–H and O–H groups in total. The first kappa shape index (κ1) is 17.8. The Balaban J connectivity index is 1.58. The predicted octanol–water partition coefficient (Wildman–Crippen LogP) is 1.21. The van der Waals surface area contributed by atoms with Crippen molar-refractivity contribution in [2.75, 3.05) is 42.9 Å². The maximum Gasteiger partial charge on any atom is 0.263 e. The third-order valence-electron chi connectivity index (χ3n) is 3.57. The summed E-state index contributed by atoms with van der Waals surface area (Å²) in [6.45, 7) is 3.01. The van der Waals surface area contributed by atoms with E-state index in [1.165, 1.54) is 29.7 Å². The number of aromatic nitrogens is 1. The van der Waals surface area contributed by atoms with E-state index >= 15 is 0 Å². The summed E-state index contributed by atoms with van der Waals surface area (Å²) in [5, 5.41) is 4.76. The molecule has 1 saturated heterocycles. The van der Waals surface area contributed by atoms with Crippen LogP contribution in [0.25, 0.3) is 0 Å². The number of hydrogen-bond donors (Lipinski definition) is 2. The van der Waals surface area contributed by atoms with Gasteiger partial charge in [-0.3, -0.25) is 14.4 Å². The summed E-state index contributed by atoms with van der Waals surface area (Å²) in [6, 6.07) is 6.02. The highest BCUT2D eigenvalue weighted by Gasteiger charge is 2.17. The number of carbonyl (C=O) groups is 1. The molecule has 134 valence electrons. The van der Waals surface area contributed by atoms with Gasteiger partial charge in [0.2, 0.25) is 5.91 Å². The van der Waals surface area contributed by atoms with Crippen LogP contribution in [0.3, 0.4) is 0 Å². The Morgan fingerprint density at radius 3 is 2.60 bits per heavy atom. The van der Waals surface area contributed by atoms with Gasteiger partial charge in [0.15, 0.2) is 5.13 Å².